The molecule has 20 heavy (non-hydrogen) atoms. The lowest BCUT2D eigenvalue weighted by atomic mass is 10.1. The molecule has 0 bridgehead atoms. The Morgan fingerprint density at radius 2 is 2.30 bits per heavy atom. The van der Waals surface area contributed by atoms with Crippen molar-refractivity contribution in [3.05, 3.63) is 33.9 Å². The molecule has 108 valence electrons. The highest BCUT2D eigenvalue weighted by molar-refractivity contribution is 7.99. The summed E-state index contributed by atoms with van der Waals surface area (Å²) in [5, 5.41) is 13.8. The van der Waals surface area contributed by atoms with Gasteiger partial charge in [-0.1, -0.05) is 0 Å². The number of carbonyl (C=O) groups excluding carboxylic acids is 1. The van der Waals surface area contributed by atoms with Crippen LogP contribution in [-0.4, -0.2) is 28.4 Å². The number of carbonyl (C=O) groups is 1. The van der Waals surface area contributed by atoms with E-state index < -0.39 is 10.8 Å². The number of nitro groups is 1. The first-order valence-electron chi connectivity index (χ1n) is 6.25. The largest absolute Gasteiger partial charge is 0.348 e. The Bertz CT molecular complexity index is 517. The summed E-state index contributed by atoms with van der Waals surface area (Å²) in [6, 6.07) is 4.20. The smallest absolute Gasteiger partial charge is 0.282 e. The second-order valence-corrected chi connectivity index (χ2v) is 5.67. The summed E-state index contributed by atoms with van der Waals surface area (Å²) in [6.07, 6.45) is 1.95. The molecule has 1 aliphatic heterocycles. The van der Waals surface area contributed by atoms with Crippen LogP contribution in [0, 0.1) is 10.1 Å². The van der Waals surface area contributed by atoms with Gasteiger partial charge in [0.15, 0.2) is 0 Å². The van der Waals surface area contributed by atoms with E-state index in [1.807, 2.05) is 0 Å². The maximum atomic E-state index is 12.2. The lowest BCUT2D eigenvalue weighted by Gasteiger charge is -2.22. The fourth-order valence-electron chi connectivity index (χ4n) is 2.08. The van der Waals surface area contributed by atoms with Gasteiger partial charge in [-0.3, -0.25) is 20.8 Å². The zero-order chi connectivity index (χ0) is 14.5. The maximum absolute atomic E-state index is 12.2. The summed E-state index contributed by atoms with van der Waals surface area (Å²) in [4.78, 5) is 22.6. The van der Waals surface area contributed by atoms with Gasteiger partial charge in [-0.15, -0.1) is 0 Å². The van der Waals surface area contributed by atoms with E-state index in [1.165, 1.54) is 18.2 Å². The van der Waals surface area contributed by atoms with Crippen LogP contribution in [0.3, 0.4) is 0 Å². The lowest BCUT2D eigenvalue weighted by molar-refractivity contribution is -0.385. The van der Waals surface area contributed by atoms with Crippen LogP contribution in [0.25, 0.3) is 0 Å². The molecular formula is C12H16N4O3S. The molecule has 1 aliphatic rings. The normalized spacial score (nSPS) is 18.4. The van der Waals surface area contributed by atoms with Crippen molar-refractivity contribution in [2.24, 2.45) is 5.84 Å². The Kier molecular flexibility index (Phi) is 4.80. The first kappa shape index (κ1) is 14.6. The number of rotatable bonds is 4. The summed E-state index contributed by atoms with van der Waals surface area (Å²) in [6.45, 7) is 0. The lowest BCUT2D eigenvalue weighted by Crippen LogP contribution is -2.38. The van der Waals surface area contributed by atoms with Crippen molar-refractivity contribution in [1.82, 2.24) is 5.32 Å². The number of nitrogens with two attached hydrogens (primary N) is 1. The van der Waals surface area contributed by atoms with Gasteiger partial charge in [0.2, 0.25) is 0 Å². The van der Waals surface area contributed by atoms with Gasteiger partial charge in [0.1, 0.15) is 5.56 Å². The average Bonchev–Trinajstić information content (AvgIpc) is 2.47. The predicted molar refractivity (Wildman–Crippen MR) is 78.7 cm³/mol. The van der Waals surface area contributed by atoms with Crippen LogP contribution in [0.2, 0.25) is 0 Å². The van der Waals surface area contributed by atoms with Crippen LogP contribution in [0.1, 0.15) is 23.2 Å². The van der Waals surface area contributed by atoms with E-state index in [2.05, 4.69) is 10.7 Å². The average molecular weight is 296 g/mol. The molecule has 7 nitrogen and oxygen atoms in total. The first-order chi connectivity index (χ1) is 9.61. The van der Waals surface area contributed by atoms with Crippen LogP contribution in [0.15, 0.2) is 18.2 Å². The molecule has 0 aromatic heterocycles. The molecule has 1 heterocycles. The molecule has 1 saturated heterocycles. The molecule has 0 aliphatic carbocycles. The Labute approximate surface area is 120 Å². The molecule has 1 amide bonds. The van der Waals surface area contributed by atoms with Gasteiger partial charge in [0.05, 0.1) is 4.92 Å². The monoisotopic (exact) mass is 296 g/mol. The summed E-state index contributed by atoms with van der Waals surface area (Å²) in [5.74, 6) is 6.78. The molecule has 0 radical (unpaired) electrons. The number of hydrogen-bond donors (Lipinski definition) is 3. The Hall–Kier alpha value is -1.80. The van der Waals surface area contributed by atoms with Crippen molar-refractivity contribution >= 4 is 29.0 Å². The fourth-order valence-corrected chi connectivity index (χ4v) is 3.16. The SMILES string of the molecule is NNc1ccc([N+](=O)[O-])c(C(=O)NC2CCCSC2)c1. The number of anilines is 1. The molecule has 4 N–H and O–H groups in total. The van der Waals surface area contributed by atoms with E-state index in [9.17, 15) is 14.9 Å². The third-order valence-electron chi connectivity index (χ3n) is 3.10. The molecule has 0 saturated carbocycles. The van der Waals surface area contributed by atoms with E-state index >= 15 is 0 Å². The van der Waals surface area contributed by atoms with Gasteiger partial charge in [0.25, 0.3) is 11.6 Å². The van der Waals surface area contributed by atoms with Crippen molar-refractivity contribution in [2.45, 2.75) is 18.9 Å². The second kappa shape index (κ2) is 6.58. The number of nitrogens with zero attached hydrogens (tertiary/aromatic N) is 1. The fraction of sp³-hybridized carbons (Fsp3) is 0.417. The van der Waals surface area contributed by atoms with E-state index in [-0.39, 0.29) is 17.3 Å². The van der Waals surface area contributed by atoms with Gasteiger partial charge in [0, 0.05) is 23.5 Å². The Morgan fingerprint density at radius 1 is 1.50 bits per heavy atom. The first-order valence-corrected chi connectivity index (χ1v) is 7.41. The molecule has 2 rings (SSSR count). The number of hydrazine groups is 1. The van der Waals surface area contributed by atoms with E-state index in [4.69, 9.17) is 5.84 Å². The van der Waals surface area contributed by atoms with Crippen molar-refractivity contribution in [3.63, 3.8) is 0 Å². The molecule has 0 spiro atoms. The van der Waals surface area contributed by atoms with Crippen molar-refractivity contribution in [3.8, 4) is 0 Å². The number of thioether (sulfide) groups is 1. The van der Waals surface area contributed by atoms with Gasteiger partial charge < -0.3 is 10.7 Å². The van der Waals surface area contributed by atoms with E-state index in [0.717, 1.165) is 24.3 Å². The van der Waals surface area contributed by atoms with Crippen molar-refractivity contribution in [2.75, 3.05) is 16.9 Å². The number of nitrogen functional groups attached to an aromatic ring is 1. The predicted octanol–water partition coefficient (Wildman–Crippen LogP) is 1.51. The third kappa shape index (κ3) is 3.40. The summed E-state index contributed by atoms with van der Waals surface area (Å²) < 4.78 is 0. The van der Waals surface area contributed by atoms with Gasteiger partial charge >= 0.3 is 0 Å². The zero-order valence-corrected chi connectivity index (χ0v) is 11.6. The van der Waals surface area contributed by atoms with Gasteiger partial charge in [-0.2, -0.15) is 11.8 Å². The molecule has 1 fully saturated rings. The quantitative estimate of drug-likeness (QED) is 0.441. The summed E-state index contributed by atoms with van der Waals surface area (Å²) >= 11 is 1.78. The minimum absolute atomic E-state index is 0.0287. The highest BCUT2D eigenvalue weighted by atomic mass is 32.2. The zero-order valence-electron chi connectivity index (χ0n) is 10.8. The Balaban J connectivity index is 2.20. The topological polar surface area (TPSA) is 110 Å². The highest BCUT2D eigenvalue weighted by Crippen LogP contribution is 2.23. The molecule has 1 unspecified atom stereocenters. The minimum atomic E-state index is -0.565. The van der Waals surface area contributed by atoms with Gasteiger partial charge in [-0.25, -0.2) is 0 Å². The number of amides is 1. The Morgan fingerprint density at radius 3 is 2.90 bits per heavy atom. The number of nitrogens with one attached hydrogen (secondary N) is 2. The summed E-state index contributed by atoms with van der Waals surface area (Å²) in [7, 11) is 0. The van der Waals surface area contributed by atoms with E-state index in [0.29, 0.717) is 5.69 Å². The van der Waals surface area contributed by atoms with Crippen LogP contribution in [-0.2, 0) is 0 Å². The molecule has 8 heteroatoms. The number of nitro benzene ring substituents is 1. The van der Waals surface area contributed by atoms with Crippen molar-refractivity contribution in [1.29, 1.82) is 0 Å². The third-order valence-corrected chi connectivity index (χ3v) is 4.32. The standard InChI is InChI=1S/C12H16N4O3S/c13-15-8-3-4-11(16(18)19)10(6-8)12(17)14-9-2-1-5-20-7-9/h3-4,6,9,15H,1-2,5,7,13H2,(H,14,17). The minimum Gasteiger partial charge on any atom is -0.348 e. The van der Waals surface area contributed by atoms with Crippen LogP contribution in [0.5, 0.6) is 0 Å². The van der Waals surface area contributed by atoms with Crippen LogP contribution < -0.4 is 16.6 Å². The van der Waals surface area contributed by atoms with Gasteiger partial charge in [-0.05, 0) is 30.7 Å². The van der Waals surface area contributed by atoms with Crippen molar-refractivity contribution < 1.29 is 9.72 Å². The van der Waals surface area contributed by atoms with Crippen LogP contribution >= 0.6 is 11.8 Å². The number of benzene rings is 1. The molecule has 1 atom stereocenters. The van der Waals surface area contributed by atoms with Crippen LogP contribution in [0.4, 0.5) is 11.4 Å². The molecule has 1 aromatic rings. The van der Waals surface area contributed by atoms with E-state index in [1.54, 1.807) is 11.8 Å². The molecular weight excluding hydrogens is 280 g/mol. The summed E-state index contributed by atoms with van der Waals surface area (Å²) in [5.41, 5.74) is 2.65. The number of hydrogen-bond acceptors (Lipinski definition) is 6. The maximum Gasteiger partial charge on any atom is 0.282 e. The molecule has 1 aromatic carbocycles. The highest BCUT2D eigenvalue weighted by Gasteiger charge is 2.23. The second-order valence-electron chi connectivity index (χ2n) is 4.52.